The van der Waals surface area contributed by atoms with Crippen molar-refractivity contribution >= 4 is 51.4 Å². The third-order valence-corrected chi connectivity index (χ3v) is 10.2. The summed E-state index contributed by atoms with van der Waals surface area (Å²) in [6.45, 7) is 16.0. The molecule has 4 rings (SSSR count). The number of likely N-dealkylation sites (tertiary alicyclic amines) is 1. The number of carbonyl (C=O) groups excluding carboxylic acids is 3. The van der Waals surface area contributed by atoms with E-state index in [2.05, 4.69) is 30.1 Å². The predicted molar refractivity (Wildman–Crippen MR) is 220 cm³/mol. The van der Waals surface area contributed by atoms with E-state index in [-0.39, 0.29) is 42.7 Å². The maximum atomic E-state index is 13.7. The van der Waals surface area contributed by atoms with E-state index >= 15 is 0 Å². The Hall–Kier alpha value is -4.52. The molecule has 1 fully saturated rings. The van der Waals surface area contributed by atoms with Gasteiger partial charge >= 0.3 is 12.2 Å². The zero-order valence-corrected chi connectivity index (χ0v) is 35.1. The molecule has 16 nitrogen and oxygen atoms in total. The van der Waals surface area contributed by atoms with Gasteiger partial charge in [-0.3, -0.25) is 10.1 Å². The highest BCUT2D eigenvalue weighted by Gasteiger charge is 2.29. The number of benzene rings is 1. The van der Waals surface area contributed by atoms with Crippen molar-refractivity contribution in [3.8, 4) is 26.9 Å². The Morgan fingerprint density at radius 3 is 2.20 bits per heavy atom. The molecule has 1 aromatic carbocycles. The lowest BCUT2D eigenvalue weighted by Gasteiger charge is -2.33. The SMILES string of the molecule is C.CC(C)OC=O.CNc1cnc(-c2ncc(-c3ccc(NC(=O)OCC4CCN(C(=O)OC(C)(C)C)CC4)cc3S(=O)(=O)NC(C)(C)C)s2)c(OC)c1.CO. The number of aliphatic hydroxyl groups is 1. The summed E-state index contributed by atoms with van der Waals surface area (Å²) in [5.74, 6) is 0.600. The summed E-state index contributed by atoms with van der Waals surface area (Å²) >= 11 is 1.27. The normalized spacial score (nSPS) is 13.1. The smallest absolute Gasteiger partial charge is 0.411 e. The molecule has 3 aromatic rings. The van der Waals surface area contributed by atoms with Gasteiger partial charge in [0.05, 0.1) is 41.5 Å². The molecule has 2 amide bonds. The van der Waals surface area contributed by atoms with Crippen molar-refractivity contribution < 1.29 is 46.9 Å². The number of aromatic nitrogens is 2. The maximum absolute atomic E-state index is 13.7. The minimum absolute atomic E-state index is 0. The molecule has 1 saturated heterocycles. The van der Waals surface area contributed by atoms with E-state index in [0.29, 0.717) is 59.3 Å². The molecule has 56 heavy (non-hydrogen) atoms. The van der Waals surface area contributed by atoms with Gasteiger partial charge in [0.15, 0.2) is 0 Å². The fourth-order valence-corrected chi connectivity index (χ4v) is 7.64. The number of anilines is 2. The quantitative estimate of drug-likeness (QED) is 0.114. The topological polar surface area (TPSA) is 208 Å². The number of pyridine rings is 1. The number of hydrogen-bond donors (Lipinski definition) is 4. The van der Waals surface area contributed by atoms with Crippen LogP contribution in [0.5, 0.6) is 5.75 Å². The largest absolute Gasteiger partial charge is 0.494 e. The lowest BCUT2D eigenvalue weighted by Crippen LogP contribution is -2.42. The van der Waals surface area contributed by atoms with Crippen LogP contribution >= 0.6 is 11.3 Å². The summed E-state index contributed by atoms with van der Waals surface area (Å²) in [6.07, 6.45) is 3.56. The Morgan fingerprint density at radius 1 is 1.04 bits per heavy atom. The predicted octanol–water partition coefficient (Wildman–Crippen LogP) is 7.01. The van der Waals surface area contributed by atoms with Gasteiger partial charge in [-0.25, -0.2) is 32.7 Å². The molecular formula is C38H60N6O10S2. The minimum atomic E-state index is -4.04. The van der Waals surface area contributed by atoms with Crippen LogP contribution in [0.25, 0.3) is 21.1 Å². The first-order chi connectivity index (χ1) is 25.7. The Morgan fingerprint density at radius 2 is 1.68 bits per heavy atom. The molecule has 3 heterocycles. The fraction of sp³-hybridized carbons (Fsp3) is 0.553. The fourth-order valence-electron chi connectivity index (χ4n) is 4.96. The number of sulfonamides is 1. The molecule has 18 heteroatoms. The second-order valence-electron chi connectivity index (χ2n) is 14.5. The van der Waals surface area contributed by atoms with Crippen molar-refractivity contribution in [3.63, 3.8) is 0 Å². The molecule has 0 radical (unpaired) electrons. The van der Waals surface area contributed by atoms with E-state index in [1.807, 2.05) is 20.8 Å². The lowest BCUT2D eigenvalue weighted by atomic mass is 9.98. The summed E-state index contributed by atoms with van der Waals surface area (Å²) in [7, 11) is 0.286. The van der Waals surface area contributed by atoms with Gasteiger partial charge in [0.1, 0.15) is 22.1 Å². The first kappa shape index (κ1) is 49.5. The molecule has 1 aliphatic heterocycles. The summed E-state index contributed by atoms with van der Waals surface area (Å²) in [6, 6.07) is 6.46. The first-order valence-electron chi connectivity index (χ1n) is 17.6. The number of thiazole rings is 1. The van der Waals surface area contributed by atoms with Gasteiger partial charge < -0.3 is 34.3 Å². The van der Waals surface area contributed by atoms with Crippen LogP contribution in [-0.4, -0.2) is 105 Å². The van der Waals surface area contributed by atoms with Gasteiger partial charge in [0.2, 0.25) is 10.0 Å². The highest BCUT2D eigenvalue weighted by molar-refractivity contribution is 7.89. The van der Waals surface area contributed by atoms with E-state index in [0.717, 1.165) is 12.8 Å². The van der Waals surface area contributed by atoms with Gasteiger partial charge in [-0.1, -0.05) is 13.5 Å². The molecule has 4 N–H and O–H groups in total. The lowest BCUT2D eigenvalue weighted by molar-refractivity contribution is -0.131. The van der Waals surface area contributed by atoms with E-state index < -0.39 is 27.3 Å². The second-order valence-corrected chi connectivity index (χ2v) is 17.2. The molecule has 0 saturated carbocycles. The Balaban J connectivity index is 0.00000159. The van der Waals surface area contributed by atoms with E-state index in [1.54, 1.807) is 84.3 Å². The Kier molecular flexibility index (Phi) is 19.7. The number of aliphatic hydroxyl groups excluding tert-OH is 1. The molecule has 2 aromatic heterocycles. The molecule has 0 unspecified atom stereocenters. The van der Waals surface area contributed by atoms with Gasteiger partial charge in [-0.05, 0) is 86.3 Å². The van der Waals surface area contributed by atoms with Crippen molar-refractivity contribution in [2.75, 3.05) is 51.6 Å². The number of ether oxygens (including phenoxy) is 4. The van der Waals surface area contributed by atoms with Crippen LogP contribution in [0, 0.1) is 5.92 Å². The van der Waals surface area contributed by atoms with Crippen LogP contribution in [0.1, 0.15) is 75.7 Å². The Labute approximate surface area is 335 Å². The number of piperidine rings is 1. The number of nitrogens with zero attached hydrogens (tertiary/aromatic N) is 3. The zero-order chi connectivity index (χ0) is 41.6. The van der Waals surface area contributed by atoms with Crippen LogP contribution in [0.3, 0.4) is 0 Å². The molecule has 0 bridgehead atoms. The Bertz CT molecular complexity index is 1810. The van der Waals surface area contributed by atoms with Crippen molar-refractivity contribution in [2.45, 2.75) is 97.8 Å². The molecule has 314 valence electrons. The number of carbonyl (C=O) groups is 3. The van der Waals surface area contributed by atoms with E-state index in [1.165, 1.54) is 17.4 Å². The first-order valence-corrected chi connectivity index (χ1v) is 19.9. The third kappa shape index (κ3) is 15.9. The van der Waals surface area contributed by atoms with Gasteiger partial charge in [0.25, 0.3) is 6.47 Å². The average molecular weight is 825 g/mol. The number of hydrogen-bond acceptors (Lipinski definition) is 14. The van der Waals surface area contributed by atoms with Crippen LogP contribution in [-0.2, 0) is 29.0 Å². The molecule has 0 spiro atoms. The minimum Gasteiger partial charge on any atom is -0.494 e. The summed E-state index contributed by atoms with van der Waals surface area (Å²) in [5, 5.41) is 13.2. The molecule has 0 atom stereocenters. The second kappa shape index (κ2) is 22.3. The van der Waals surface area contributed by atoms with Crippen LogP contribution in [0.4, 0.5) is 21.0 Å². The maximum Gasteiger partial charge on any atom is 0.411 e. The van der Waals surface area contributed by atoms with Gasteiger partial charge in [0, 0.05) is 56.3 Å². The number of amides is 2. The molecular weight excluding hydrogens is 765 g/mol. The van der Waals surface area contributed by atoms with Crippen LogP contribution < -0.4 is 20.1 Å². The molecule has 0 aliphatic carbocycles. The van der Waals surface area contributed by atoms with Gasteiger partial charge in [-0.2, -0.15) is 0 Å². The monoisotopic (exact) mass is 824 g/mol. The van der Waals surface area contributed by atoms with Gasteiger partial charge in [-0.15, -0.1) is 11.3 Å². The van der Waals surface area contributed by atoms with Crippen molar-refractivity contribution in [2.24, 2.45) is 5.92 Å². The standard InChI is InChI=1S/C32H44N6O7S2.C4H8O2.CH4O.CH4/c1-31(2,3)37-47(41,42)26-16-21(36-29(39)44-19-20-11-13-38(14-12-20)30(40)45-32(4,5)6)9-10-23(26)25-18-35-28(46-25)27-24(43-8)15-22(33-7)17-34-27;1-4(2)6-3-5;1-2;/h9-10,15-18,20,33,37H,11-14,19H2,1-8H3,(H,36,39);3-4H,1-2H3;2H,1H3;1H4. The summed E-state index contributed by atoms with van der Waals surface area (Å²) < 4.78 is 50.8. The highest BCUT2D eigenvalue weighted by Crippen LogP contribution is 2.39. The summed E-state index contributed by atoms with van der Waals surface area (Å²) in [4.78, 5) is 45.7. The van der Waals surface area contributed by atoms with Crippen molar-refractivity contribution in [3.05, 3.63) is 36.7 Å². The average Bonchev–Trinajstić information content (AvgIpc) is 3.60. The van der Waals surface area contributed by atoms with Crippen molar-refractivity contribution in [1.82, 2.24) is 19.6 Å². The van der Waals surface area contributed by atoms with Crippen LogP contribution in [0.2, 0.25) is 0 Å². The zero-order valence-electron chi connectivity index (χ0n) is 33.5. The number of nitrogens with one attached hydrogen (secondary N) is 3. The summed E-state index contributed by atoms with van der Waals surface area (Å²) in [5.41, 5.74) is 0.633. The van der Waals surface area contributed by atoms with E-state index in [9.17, 15) is 22.8 Å². The van der Waals surface area contributed by atoms with Crippen LogP contribution in [0.15, 0.2) is 41.6 Å². The molecule has 1 aliphatic rings. The third-order valence-electron chi connectivity index (χ3n) is 7.34. The van der Waals surface area contributed by atoms with Crippen molar-refractivity contribution in [1.29, 1.82) is 0 Å². The van der Waals surface area contributed by atoms with E-state index in [4.69, 9.17) is 19.3 Å². The number of rotatable bonds is 11. The highest BCUT2D eigenvalue weighted by atomic mass is 32.2. The number of methoxy groups -OCH3 is 1.